The Morgan fingerprint density at radius 3 is 2.65 bits per heavy atom. The van der Waals surface area contributed by atoms with Gasteiger partial charge < -0.3 is 24.3 Å². The number of carbonyl (C=O) groups excluding carboxylic acids is 1. The lowest BCUT2D eigenvalue weighted by Crippen LogP contribution is -2.36. The number of nitrogens with one attached hydrogen (secondary N) is 1. The predicted molar refractivity (Wildman–Crippen MR) is 132 cm³/mol. The normalized spacial score (nSPS) is 16.4. The number of pyridine rings is 1. The lowest BCUT2D eigenvalue weighted by Gasteiger charge is -2.29. The molecule has 2 aliphatic heterocycles. The summed E-state index contributed by atoms with van der Waals surface area (Å²) in [4.78, 5) is 20.8. The summed E-state index contributed by atoms with van der Waals surface area (Å²) in [6.07, 6.45) is -0.295. The quantitative estimate of drug-likeness (QED) is 0.376. The van der Waals surface area contributed by atoms with Gasteiger partial charge in [0, 0.05) is 49.8 Å². The number of ether oxygens (including phenoxy) is 1. The van der Waals surface area contributed by atoms with Crippen LogP contribution in [0.15, 0.2) is 42.2 Å². The Kier molecular flexibility index (Phi) is 6.57. The van der Waals surface area contributed by atoms with E-state index < -0.39 is 24.4 Å². The lowest BCUT2D eigenvalue weighted by atomic mass is 10.00. The third-order valence-corrected chi connectivity index (χ3v) is 6.70. The molecular formula is C26H27F4N5O2. The zero-order chi connectivity index (χ0) is 26.3. The lowest BCUT2D eigenvalue weighted by molar-refractivity contribution is -0.127. The fraction of sp³-hybridized carbons (Fsp3) is 0.385. The molecule has 37 heavy (non-hydrogen) atoms. The van der Waals surface area contributed by atoms with Crippen molar-refractivity contribution in [1.29, 1.82) is 0 Å². The number of hydrogen-bond donors (Lipinski definition) is 1. The number of hydrogen-bond acceptors (Lipinski definition) is 4. The highest BCUT2D eigenvalue weighted by Crippen LogP contribution is 2.34. The van der Waals surface area contributed by atoms with Gasteiger partial charge >= 0.3 is 12.2 Å². The van der Waals surface area contributed by atoms with Crippen LogP contribution < -0.4 is 10.2 Å². The van der Waals surface area contributed by atoms with Crippen molar-refractivity contribution in [1.82, 2.24) is 14.3 Å². The van der Waals surface area contributed by atoms with Gasteiger partial charge in [-0.15, -0.1) is 0 Å². The van der Waals surface area contributed by atoms with Gasteiger partial charge in [-0.05, 0) is 48.7 Å². The van der Waals surface area contributed by atoms with Gasteiger partial charge in [-0.3, -0.25) is 0 Å². The maximum atomic E-state index is 14.9. The first-order valence-electron chi connectivity index (χ1n) is 12.0. The first-order valence-corrected chi connectivity index (χ1v) is 12.0. The van der Waals surface area contributed by atoms with Crippen LogP contribution in [0.2, 0.25) is 0 Å². The van der Waals surface area contributed by atoms with Crippen LogP contribution in [-0.2, 0) is 4.74 Å². The molecule has 0 bridgehead atoms. The number of fused-ring (bicyclic) bond motifs is 1. The number of urea groups is 1. The third-order valence-electron chi connectivity index (χ3n) is 6.70. The average molecular weight is 518 g/mol. The number of amides is 2. The standard InChI is InChI=1S/C26H27F4N5O2/c1-16-9-21(27)22(32-25(36)34-4-3-18(14-34)12-26(28,29)30)11-20(16)19-10-23(33-5-7-37-8-6-33)24-31-13-17(2)35(24)15-19/h3,9-11,13,15H,4-8,12,14H2,1-2H3,(H,32,36). The van der Waals surface area contributed by atoms with E-state index in [1.807, 2.05) is 23.6 Å². The number of imidazole rings is 1. The second-order valence-electron chi connectivity index (χ2n) is 9.42. The van der Waals surface area contributed by atoms with E-state index in [1.165, 1.54) is 17.0 Å². The number of carbonyl (C=O) groups is 1. The minimum Gasteiger partial charge on any atom is -0.378 e. The zero-order valence-electron chi connectivity index (χ0n) is 20.5. The summed E-state index contributed by atoms with van der Waals surface area (Å²) < 4.78 is 60.5. The molecule has 1 aromatic carbocycles. The van der Waals surface area contributed by atoms with Gasteiger partial charge in [0.15, 0.2) is 5.65 Å². The van der Waals surface area contributed by atoms with Gasteiger partial charge in [0.25, 0.3) is 0 Å². The number of benzene rings is 1. The molecule has 196 valence electrons. The van der Waals surface area contributed by atoms with Crippen LogP contribution in [0.3, 0.4) is 0 Å². The summed E-state index contributed by atoms with van der Waals surface area (Å²) in [7, 11) is 0. The molecule has 1 N–H and O–H groups in total. The number of nitrogens with zero attached hydrogens (tertiary/aromatic N) is 4. The highest BCUT2D eigenvalue weighted by molar-refractivity contribution is 5.91. The van der Waals surface area contributed by atoms with Crippen LogP contribution in [0.4, 0.5) is 33.7 Å². The number of alkyl halides is 3. The van der Waals surface area contributed by atoms with Crippen molar-refractivity contribution in [2.24, 2.45) is 0 Å². The Morgan fingerprint density at radius 2 is 1.92 bits per heavy atom. The van der Waals surface area contributed by atoms with E-state index in [2.05, 4.69) is 15.2 Å². The van der Waals surface area contributed by atoms with E-state index in [9.17, 15) is 22.4 Å². The van der Waals surface area contributed by atoms with Gasteiger partial charge in [-0.2, -0.15) is 13.2 Å². The van der Waals surface area contributed by atoms with E-state index in [0.29, 0.717) is 18.8 Å². The molecular weight excluding hydrogens is 490 g/mol. The number of morpholine rings is 1. The topological polar surface area (TPSA) is 62.1 Å². The van der Waals surface area contributed by atoms with Crippen LogP contribution in [0, 0.1) is 19.7 Å². The second kappa shape index (κ2) is 9.70. The number of anilines is 2. The number of aromatic nitrogens is 2. The molecule has 2 aromatic heterocycles. The van der Waals surface area contributed by atoms with Crippen molar-refractivity contribution in [2.75, 3.05) is 49.6 Å². The summed E-state index contributed by atoms with van der Waals surface area (Å²) in [5.74, 6) is -0.620. The molecule has 0 spiro atoms. The molecule has 0 atom stereocenters. The first-order chi connectivity index (χ1) is 17.6. The third kappa shape index (κ3) is 5.27. The smallest absolute Gasteiger partial charge is 0.378 e. The van der Waals surface area contributed by atoms with Crippen LogP contribution in [0.5, 0.6) is 0 Å². The molecule has 1 saturated heterocycles. The Hall–Kier alpha value is -3.60. The van der Waals surface area contributed by atoms with Crippen molar-refractivity contribution in [3.8, 4) is 11.1 Å². The molecule has 2 amide bonds. The fourth-order valence-corrected chi connectivity index (χ4v) is 4.80. The van der Waals surface area contributed by atoms with Crippen molar-refractivity contribution < 1.29 is 27.1 Å². The Bertz CT molecular complexity index is 1380. The first kappa shape index (κ1) is 25.1. The largest absolute Gasteiger partial charge is 0.392 e. The summed E-state index contributed by atoms with van der Waals surface area (Å²) in [6, 6.07) is 4.27. The zero-order valence-corrected chi connectivity index (χ0v) is 20.5. The van der Waals surface area contributed by atoms with E-state index in [4.69, 9.17) is 4.74 Å². The van der Waals surface area contributed by atoms with Crippen LogP contribution >= 0.6 is 0 Å². The number of aryl methyl sites for hydroxylation is 2. The molecule has 0 unspecified atom stereocenters. The maximum absolute atomic E-state index is 14.9. The molecule has 11 heteroatoms. The minimum absolute atomic E-state index is 0.0368. The Labute approximate surface area is 211 Å². The molecule has 0 radical (unpaired) electrons. The molecule has 0 saturated carbocycles. The van der Waals surface area contributed by atoms with Gasteiger partial charge in [0.2, 0.25) is 0 Å². The molecule has 1 fully saturated rings. The van der Waals surface area contributed by atoms with Gasteiger partial charge in [0.1, 0.15) is 5.82 Å². The van der Waals surface area contributed by atoms with Crippen molar-refractivity contribution in [3.05, 3.63) is 59.3 Å². The number of halogens is 4. The van der Waals surface area contributed by atoms with Gasteiger partial charge in [0.05, 0.1) is 31.0 Å². The molecule has 0 aliphatic carbocycles. The van der Waals surface area contributed by atoms with Gasteiger partial charge in [-0.1, -0.05) is 6.08 Å². The second-order valence-corrected chi connectivity index (χ2v) is 9.42. The fourth-order valence-electron chi connectivity index (χ4n) is 4.80. The SMILES string of the molecule is Cc1cc(F)c(NC(=O)N2CC=C(CC(F)(F)F)C2)cc1-c1cc(N2CCOCC2)c2ncc(C)n2c1. The van der Waals surface area contributed by atoms with E-state index >= 15 is 0 Å². The van der Waals surface area contributed by atoms with Crippen molar-refractivity contribution in [2.45, 2.75) is 26.4 Å². The predicted octanol–water partition coefficient (Wildman–Crippen LogP) is 5.32. The van der Waals surface area contributed by atoms with Crippen LogP contribution in [0.1, 0.15) is 17.7 Å². The molecule has 7 nitrogen and oxygen atoms in total. The van der Waals surface area contributed by atoms with Crippen molar-refractivity contribution in [3.63, 3.8) is 0 Å². The summed E-state index contributed by atoms with van der Waals surface area (Å²) >= 11 is 0. The van der Waals surface area contributed by atoms with E-state index in [0.717, 1.165) is 41.2 Å². The molecule has 5 rings (SSSR count). The van der Waals surface area contributed by atoms with Crippen LogP contribution in [-0.4, -0.2) is 65.9 Å². The summed E-state index contributed by atoms with van der Waals surface area (Å²) in [6.45, 7) is 6.28. The Morgan fingerprint density at radius 1 is 1.16 bits per heavy atom. The molecule has 2 aliphatic rings. The molecule has 3 aromatic rings. The minimum atomic E-state index is -4.34. The Balaban J connectivity index is 1.44. The van der Waals surface area contributed by atoms with E-state index in [1.54, 1.807) is 19.2 Å². The summed E-state index contributed by atoms with van der Waals surface area (Å²) in [5.41, 5.74) is 4.98. The highest BCUT2D eigenvalue weighted by Gasteiger charge is 2.32. The average Bonchev–Trinajstić information content (AvgIpc) is 3.46. The summed E-state index contributed by atoms with van der Waals surface area (Å²) in [5, 5.41) is 2.55. The van der Waals surface area contributed by atoms with E-state index in [-0.39, 0.29) is 24.4 Å². The van der Waals surface area contributed by atoms with Gasteiger partial charge in [-0.25, -0.2) is 14.2 Å². The van der Waals surface area contributed by atoms with Crippen molar-refractivity contribution >= 4 is 23.1 Å². The molecule has 4 heterocycles. The number of rotatable bonds is 4. The highest BCUT2D eigenvalue weighted by atomic mass is 19.4. The monoisotopic (exact) mass is 517 g/mol. The van der Waals surface area contributed by atoms with Crippen LogP contribution in [0.25, 0.3) is 16.8 Å². The maximum Gasteiger partial charge on any atom is 0.392 e.